The summed E-state index contributed by atoms with van der Waals surface area (Å²) in [5.74, 6) is 1.51. The van der Waals surface area contributed by atoms with E-state index in [2.05, 4.69) is 11.4 Å². The molecule has 0 aliphatic heterocycles. The minimum atomic E-state index is 0.585. The molecule has 0 unspecified atom stereocenters. The third-order valence-corrected chi connectivity index (χ3v) is 2.55. The van der Waals surface area contributed by atoms with Gasteiger partial charge in [-0.05, 0) is 37.6 Å². The predicted molar refractivity (Wildman–Crippen MR) is 70.7 cm³/mol. The highest BCUT2D eigenvalue weighted by molar-refractivity contribution is 5.42. The van der Waals surface area contributed by atoms with Gasteiger partial charge >= 0.3 is 0 Å². The SMILES string of the molecule is CNCc1ccc(OCCCCC#N)c(OC)c1. The number of unbranched alkanes of at least 4 members (excludes halogenated alkanes) is 2. The quantitative estimate of drug-likeness (QED) is 0.718. The van der Waals surface area contributed by atoms with Crippen molar-refractivity contribution in [3.05, 3.63) is 23.8 Å². The van der Waals surface area contributed by atoms with E-state index >= 15 is 0 Å². The van der Waals surface area contributed by atoms with E-state index in [0.29, 0.717) is 13.0 Å². The Hall–Kier alpha value is -1.73. The Morgan fingerprint density at radius 2 is 2.11 bits per heavy atom. The fourth-order valence-electron chi connectivity index (χ4n) is 1.63. The molecule has 4 heteroatoms. The molecule has 0 aromatic heterocycles. The third kappa shape index (κ3) is 4.64. The smallest absolute Gasteiger partial charge is 0.161 e. The monoisotopic (exact) mass is 248 g/mol. The molecule has 1 rings (SSSR count). The molecule has 0 aliphatic carbocycles. The molecule has 0 fully saturated rings. The van der Waals surface area contributed by atoms with E-state index < -0.39 is 0 Å². The van der Waals surface area contributed by atoms with E-state index in [4.69, 9.17) is 14.7 Å². The zero-order chi connectivity index (χ0) is 13.2. The standard InChI is InChI=1S/C14H20N2O2/c1-16-11-12-6-7-13(14(10-12)17-2)18-9-5-3-4-8-15/h6-7,10,16H,3-5,9,11H2,1-2H3. The first-order valence-electron chi connectivity index (χ1n) is 6.13. The molecule has 0 bridgehead atoms. The number of hydrogen-bond acceptors (Lipinski definition) is 4. The third-order valence-electron chi connectivity index (χ3n) is 2.55. The summed E-state index contributed by atoms with van der Waals surface area (Å²) in [7, 11) is 3.55. The number of nitrogens with one attached hydrogen (secondary N) is 1. The predicted octanol–water partition coefficient (Wildman–Crippen LogP) is 2.49. The molecule has 0 aliphatic rings. The highest BCUT2D eigenvalue weighted by Crippen LogP contribution is 2.28. The number of benzene rings is 1. The summed E-state index contributed by atoms with van der Waals surface area (Å²) in [6.07, 6.45) is 2.34. The maximum Gasteiger partial charge on any atom is 0.161 e. The fraction of sp³-hybridized carbons (Fsp3) is 0.500. The lowest BCUT2D eigenvalue weighted by atomic mass is 10.2. The zero-order valence-corrected chi connectivity index (χ0v) is 11.0. The summed E-state index contributed by atoms with van der Waals surface area (Å²) in [5.41, 5.74) is 1.16. The Bertz CT molecular complexity index is 399. The molecule has 0 saturated heterocycles. The second kappa shape index (κ2) is 8.37. The molecule has 1 N–H and O–H groups in total. The van der Waals surface area contributed by atoms with Crippen molar-refractivity contribution in [2.75, 3.05) is 20.8 Å². The summed E-state index contributed by atoms with van der Waals surface area (Å²) in [5, 5.41) is 11.5. The molecule has 98 valence electrons. The average Bonchev–Trinajstić information content (AvgIpc) is 2.40. The Labute approximate surface area is 109 Å². The number of nitrogens with zero attached hydrogens (tertiary/aromatic N) is 1. The van der Waals surface area contributed by atoms with Crippen LogP contribution in [-0.2, 0) is 6.54 Å². The largest absolute Gasteiger partial charge is 0.493 e. The van der Waals surface area contributed by atoms with Gasteiger partial charge in [-0.25, -0.2) is 0 Å². The van der Waals surface area contributed by atoms with Crippen molar-refractivity contribution in [2.24, 2.45) is 0 Å². The molecule has 1 aromatic carbocycles. The summed E-state index contributed by atoms with van der Waals surface area (Å²) in [6.45, 7) is 1.42. The maximum absolute atomic E-state index is 8.43. The van der Waals surface area contributed by atoms with Crippen LogP contribution in [0.5, 0.6) is 11.5 Å². The van der Waals surface area contributed by atoms with Gasteiger partial charge in [0, 0.05) is 13.0 Å². The minimum absolute atomic E-state index is 0.585. The van der Waals surface area contributed by atoms with Gasteiger partial charge in [-0.15, -0.1) is 0 Å². The summed E-state index contributed by atoms with van der Waals surface area (Å²) < 4.78 is 11.0. The van der Waals surface area contributed by atoms with E-state index in [9.17, 15) is 0 Å². The van der Waals surface area contributed by atoms with Crippen LogP contribution >= 0.6 is 0 Å². The van der Waals surface area contributed by atoms with E-state index in [0.717, 1.165) is 36.4 Å². The highest BCUT2D eigenvalue weighted by atomic mass is 16.5. The van der Waals surface area contributed by atoms with Gasteiger partial charge in [-0.2, -0.15) is 5.26 Å². The van der Waals surface area contributed by atoms with Gasteiger partial charge in [0.15, 0.2) is 11.5 Å². The molecular weight excluding hydrogens is 228 g/mol. The van der Waals surface area contributed by atoms with Crippen molar-refractivity contribution in [1.82, 2.24) is 5.32 Å². The molecule has 0 radical (unpaired) electrons. The maximum atomic E-state index is 8.43. The van der Waals surface area contributed by atoms with Crippen molar-refractivity contribution in [3.8, 4) is 17.6 Å². The zero-order valence-electron chi connectivity index (χ0n) is 11.0. The van der Waals surface area contributed by atoms with E-state index in [-0.39, 0.29) is 0 Å². The molecular formula is C14H20N2O2. The lowest BCUT2D eigenvalue weighted by Crippen LogP contribution is -2.06. The van der Waals surface area contributed by atoms with Gasteiger partial charge in [-0.3, -0.25) is 0 Å². The van der Waals surface area contributed by atoms with Crippen LogP contribution in [0.25, 0.3) is 0 Å². The summed E-state index contributed by atoms with van der Waals surface area (Å²) in [6, 6.07) is 8.04. The normalized spacial score (nSPS) is 9.83. The van der Waals surface area contributed by atoms with Crippen molar-refractivity contribution in [3.63, 3.8) is 0 Å². The molecule has 0 saturated carbocycles. The number of ether oxygens (including phenoxy) is 2. The fourth-order valence-corrected chi connectivity index (χ4v) is 1.63. The first kappa shape index (κ1) is 14.3. The van der Waals surface area contributed by atoms with Gasteiger partial charge in [-0.1, -0.05) is 6.07 Å². The van der Waals surface area contributed by atoms with Crippen LogP contribution in [0.2, 0.25) is 0 Å². The van der Waals surface area contributed by atoms with Crippen LogP contribution in [0.15, 0.2) is 18.2 Å². The second-order valence-electron chi connectivity index (χ2n) is 3.98. The van der Waals surface area contributed by atoms with E-state index in [1.165, 1.54) is 0 Å². The molecule has 1 aromatic rings. The Morgan fingerprint density at radius 1 is 1.28 bits per heavy atom. The Kier molecular flexibility index (Phi) is 6.67. The van der Waals surface area contributed by atoms with Crippen molar-refractivity contribution >= 4 is 0 Å². The van der Waals surface area contributed by atoms with Gasteiger partial charge in [0.05, 0.1) is 19.8 Å². The Morgan fingerprint density at radius 3 is 2.78 bits per heavy atom. The van der Waals surface area contributed by atoms with Gasteiger partial charge < -0.3 is 14.8 Å². The topological polar surface area (TPSA) is 54.3 Å². The van der Waals surface area contributed by atoms with Crippen molar-refractivity contribution in [2.45, 2.75) is 25.8 Å². The van der Waals surface area contributed by atoms with Gasteiger partial charge in [0.1, 0.15) is 0 Å². The first-order chi connectivity index (χ1) is 8.81. The van der Waals surface area contributed by atoms with Crippen LogP contribution in [0.3, 0.4) is 0 Å². The molecule has 18 heavy (non-hydrogen) atoms. The number of hydrogen-bond donors (Lipinski definition) is 1. The summed E-state index contributed by atoms with van der Waals surface area (Å²) in [4.78, 5) is 0. The van der Waals surface area contributed by atoms with Gasteiger partial charge in [0.2, 0.25) is 0 Å². The van der Waals surface area contributed by atoms with Crippen LogP contribution in [0.4, 0.5) is 0 Å². The van der Waals surface area contributed by atoms with Crippen molar-refractivity contribution in [1.29, 1.82) is 5.26 Å². The van der Waals surface area contributed by atoms with Crippen molar-refractivity contribution < 1.29 is 9.47 Å². The number of rotatable bonds is 8. The van der Waals surface area contributed by atoms with Crippen LogP contribution in [0.1, 0.15) is 24.8 Å². The Balaban J connectivity index is 2.51. The first-order valence-corrected chi connectivity index (χ1v) is 6.13. The number of methoxy groups -OCH3 is 1. The lowest BCUT2D eigenvalue weighted by Gasteiger charge is -2.12. The molecule has 0 amide bonds. The molecule has 0 atom stereocenters. The van der Waals surface area contributed by atoms with E-state index in [1.807, 2.05) is 25.2 Å². The number of nitriles is 1. The average molecular weight is 248 g/mol. The van der Waals surface area contributed by atoms with Gasteiger partial charge in [0.25, 0.3) is 0 Å². The highest BCUT2D eigenvalue weighted by Gasteiger charge is 2.05. The van der Waals surface area contributed by atoms with Crippen LogP contribution in [-0.4, -0.2) is 20.8 Å². The van der Waals surface area contributed by atoms with Crippen LogP contribution < -0.4 is 14.8 Å². The minimum Gasteiger partial charge on any atom is -0.493 e. The molecule has 0 spiro atoms. The van der Waals surface area contributed by atoms with Crippen LogP contribution in [0, 0.1) is 11.3 Å². The van der Waals surface area contributed by atoms with E-state index in [1.54, 1.807) is 7.11 Å². The second-order valence-corrected chi connectivity index (χ2v) is 3.98. The molecule has 0 heterocycles. The molecule has 4 nitrogen and oxygen atoms in total. The lowest BCUT2D eigenvalue weighted by molar-refractivity contribution is 0.287. The summed E-state index contributed by atoms with van der Waals surface area (Å²) >= 11 is 0.